The largest absolute Gasteiger partial charge is 0.473 e. The number of halogens is 1. The normalized spacial score (nSPS) is 9.92. The van der Waals surface area contributed by atoms with E-state index >= 15 is 0 Å². The molecule has 0 heterocycles. The van der Waals surface area contributed by atoms with Crippen molar-refractivity contribution < 1.29 is 0 Å². The van der Waals surface area contributed by atoms with E-state index in [9.17, 15) is 0 Å². The van der Waals surface area contributed by atoms with Crippen molar-refractivity contribution in [2.75, 3.05) is 0 Å². The molecule has 0 fully saturated rings. The van der Waals surface area contributed by atoms with Gasteiger partial charge >= 0.3 is 18.2 Å². The van der Waals surface area contributed by atoms with Crippen LogP contribution in [-0.2, 0) is 4.55 Å². The first-order valence-electron chi connectivity index (χ1n) is 4.44. The highest BCUT2D eigenvalue weighted by Gasteiger charge is 1.99. The number of hydrogen-bond acceptors (Lipinski definition) is 0. The topological polar surface area (TPSA) is 0 Å². The van der Waals surface area contributed by atoms with E-state index < -0.39 is 0 Å². The van der Waals surface area contributed by atoms with Gasteiger partial charge in [0.2, 0.25) is 0 Å². The molecule has 0 aliphatic heterocycles. The summed E-state index contributed by atoms with van der Waals surface area (Å²) in [5.74, 6) is 0. The van der Waals surface area contributed by atoms with E-state index in [4.69, 9.17) is 0 Å². The Hall–Kier alpha value is -0.0538. The number of fused-ring (bicyclic) bond motifs is 1. The number of benzene rings is 2. The van der Waals surface area contributed by atoms with E-state index in [1.165, 1.54) is 20.9 Å². The molecule has 0 unspecified atom stereocenters. The van der Waals surface area contributed by atoms with Crippen LogP contribution >= 0.6 is 12.9 Å². The van der Waals surface area contributed by atoms with Crippen molar-refractivity contribution in [1.29, 1.82) is 0 Å². The van der Waals surface area contributed by atoms with Gasteiger partial charge in [-0.15, -0.1) is 4.55 Å². The van der Waals surface area contributed by atoms with Crippen LogP contribution in [0.1, 0.15) is 5.56 Å². The van der Waals surface area contributed by atoms with Crippen LogP contribution in [-0.4, -0.2) is 18.2 Å². The first kappa shape index (κ1) is 9.50. The minimum absolute atomic E-state index is 0.0600. The molecular formula is C11H9BrMg. The van der Waals surface area contributed by atoms with E-state index in [-0.39, 0.29) is 18.2 Å². The van der Waals surface area contributed by atoms with Gasteiger partial charge in [0.15, 0.2) is 0 Å². The fourth-order valence-electron chi connectivity index (χ4n) is 1.61. The molecule has 0 radical (unpaired) electrons. The van der Waals surface area contributed by atoms with Gasteiger partial charge in [-0.3, -0.25) is 0 Å². The summed E-state index contributed by atoms with van der Waals surface area (Å²) < 4.78 is 1.24. The predicted molar refractivity (Wildman–Crippen MR) is 62.3 cm³/mol. The summed E-state index contributed by atoms with van der Waals surface area (Å²) in [4.78, 5) is 0. The zero-order chi connectivity index (χ0) is 9.10. The monoisotopic (exact) mass is 244 g/mol. The zero-order valence-corrected chi connectivity index (χ0v) is 10.3. The Balaban J connectivity index is 2.61. The number of rotatable bonds is 2. The van der Waals surface area contributed by atoms with E-state index in [1.807, 2.05) is 0 Å². The molecule has 0 bridgehead atoms. The van der Waals surface area contributed by atoms with Crippen LogP contribution in [0.2, 0.25) is 0 Å². The minimum atomic E-state index is -0.0600. The SMILES string of the molecule is [Br][Mg][CH2]c1cccc2ccccc12. The van der Waals surface area contributed by atoms with Crippen LogP contribution in [0.3, 0.4) is 0 Å². The summed E-state index contributed by atoms with van der Waals surface area (Å²) in [7, 11) is 0. The molecular weight excluding hydrogens is 236 g/mol. The molecule has 0 aliphatic rings. The Morgan fingerprint density at radius 3 is 2.62 bits per heavy atom. The molecule has 2 aromatic rings. The predicted octanol–water partition coefficient (Wildman–Crippen LogP) is 3.35. The maximum Gasteiger partial charge on any atom is 0.473 e. The molecule has 0 atom stereocenters. The van der Waals surface area contributed by atoms with Crippen LogP contribution in [0.25, 0.3) is 10.8 Å². The van der Waals surface area contributed by atoms with Crippen molar-refractivity contribution in [2.24, 2.45) is 0 Å². The second kappa shape index (κ2) is 4.44. The highest BCUT2D eigenvalue weighted by Crippen LogP contribution is 2.18. The standard InChI is InChI=1S/C11H9.BrH.Mg/c1-9-5-4-7-10-6-2-3-8-11(9)10;;/h2-8H,1H2;1H;/q;;+1/p-1. The third-order valence-corrected chi connectivity index (χ3v) is 4.16. The zero-order valence-electron chi connectivity index (χ0n) is 7.33. The Morgan fingerprint density at radius 1 is 1.00 bits per heavy atom. The lowest BCUT2D eigenvalue weighted by Gasteiger charge is -2.03. The Bertz CT molecular complexity index is 406. The van der Waals surface area contributed by atoms with Crippen LogP contribution in [0, 0.1) is 0 Å². The minimum Gasteiger partial charge on any atom is -0.306 e. The Morgan fingerprint density at radius 2 is 1.77 bits per heavy atom. The van der Waals surface area contributed by atoms with Crippen molar-refractivity contribution in [3.05, 3.63) is 48.0 Å². The molecule has 13 heavy (non-hydrogen) atoms. The second-order valence-corrected chi connectivity index (χ2v) is 6.33. The fourth-order valence-corrected chi connectivity index (χ4v) is 3.53. The first-order chi connectivity index (χ1) is 6.42. The van der Waals surface area contributed by atoms with Gasteiger partial charge in [0.25, 0.3) is 0 Å². The summed E-state index contributed by atoms with van der Waals surface area (Å²) in [5, 5.41) is 2.77. The van der Waals surface area contributed by atoms with Crippen molar-refractivity contribution in [3.63, 3.8) is 0 Å². The molecule has 0 saturated carbocycles. The van der Waals surface area contributed by atoms with Gasteiger partial charge in [0.05, 0.1) is 0 Å². The van der Waals surface area contributed by atoms with Gasteiger partial charge in [0, 0.05) is 0 Å². The molecule has 0 aromatic heterocycles. The van der Waals surface area contributed by atoms with Gasteiger partial charge < -0.3 is 12.9 Å². The Kier molecular flexibility index (Phi) is 3.25. The molecule has 0 nitrogen and oxygen atoms in total. The van der Waals surface area contributed by atoms with Crippen LogP contribution < -0.4 is 0 Å². The van der Waals surface area contributed by atoms with Gasteiger partial charge in [-0.05, 0) is 10.8 Å². The average Bonchev–Trinajstić information content (AvgIpc) is 2.19. The summed E-state index contributed by atoms with van der Waals surface area (Å²) in [6, 6.07) is 15.1. The van der Waals surface area contributed by atoms with Crippen molar-refractivity contribution in [3.8, 4) is 0 Å². The number of hydrogen-bond donors (Lipinski definition) is 0. The third-order valence-electron chi connectivity index (χ3n) is 2.24. The summed E-state index contributed by atoms with van der Waals surface area (Å²) in [6.45, 7) is 0. The van der Waals surface area contributed by atoms with Crippen LogP contribution in [0.4, 0.5) is 0 Å². The molecule has 0 N–H and O–H groups in total. The van der Waals surface area contributed by atoms with Gasteiger partial charge in [-0.1, -0.05) is 48.0 Å². The summed E-state index contributed by atoms with van der Waals surface area (Å²) in [6.07, 6.45) is 0. The lowest BCUT2D eigenvalue weighted by atomic mass is 10.1. The average molecular weight is 245 g/mol. The second-order valence-electron chi connectivity index (χ2n) is 3.08. The van der Waals surface area contributed by atoms with E-state index in [0.29, 0.717) is 0 Å². The van der Waals surface area contributed by atoms with Crippen molar-refractivity contribution in [1.82, 2.24) is 0 Å². The first-order valence-corrected chi connectivity index (χ1v) is 9.34. The van der Waals surface area contributed by atoms with Crippen LogP contribution in [0.5, 0.6) is 0 Å². The maximum atomic E-state index is 3.61. The molecule has 2 rings (SSSR count). The molecule has 62 valence electrons. The summed E-state index contributed by atoms with van der Waals surface area (Å²) >= 11 is 3.55. The van der Waals surface area contributed by atoms with Gasteiger partial charge in [0.1, 0.15) is 0 Å². The van der Waals surface area contributed by atoms with E-state index in [2.05, 4.69) is 55.3 Å². The van der Waals surface area contributed by atoms with E-state index in [1.54, 1.807) is 0 Å². The smallest absolute Gasteiger partial charge is 0.306 e. The molecule has 0 saturated heterocycles. The highest BCUT2D eigenvalue weighted by molar-refractivity contribution is 9.23. The lowest BCUT2D eigenvalue weighted by molar-refractivity contribution is 1.45. The van der Waals surface area contributed by atoms with Crippen molar-refractivity contribution >= 4 is 41.8 Å². The van der Waals surface area contributed by atoms with Crippen molar-refractivity contribution in [2.45, 2.75) is 4.55 Å². The Labute approximate surface area is 93.9 Å². The quantitative estimate of drug-likeness (QED) is 0.712. The lowest BCUT2D eigenvalue weighted by Crippen LogP contribution is -1.89. The molecule has 0 aliphatic carbocycles. The van der Waals surface area contributed by atoms with Crippen LogP contribution in [0.15, 0.2) is 42.5 Å². The molecule has 0 spiro atoms. The van der Waals surface area contributed by atoms with Gasteiger partial charge in [-0.25, -0.2) is 0 Å². The summed E-state index contributed by atoms with van der Waals surface area (Å²) in [5.41, 5.74) is 1.49. The maximum absolute atomic E-state index is 3.61. The third kappa shape index (κ3) is 2.06. The van der Waals surface area contributed by atoms with E-state index in [0.717, 1.165) is 0 Å². The molecule has 0 amide bonds. The molecule has 2 heteroatoms. The highest BCUT2D eigenvalue weighted by atomic mass is 79.9. The molecule has 2 aromatic carbocycles. The van der Waals surface area contributed by atoms with Gasteiger partial charge in [-0.2, -0.15) is 0 Å². The fraction of sp³-hybridized carbons (Fsp3) is 0.0909.